The quantitative estimate of drug-likeness (QED) is 0.768. The van der Waals surface area contributed by atoms with E-state index in [0.717, 1.165) is 34.8 Å². The maximum atomic E-state index is 11.7. The topological polar surface area (TPSA) is 61.4 Å². The Hall–Kier alpha value is -2.11. The lowest BCUT2D eigenvalue weighted by atomic mass is 9.75. The fraction of sp³-hybridized carbons (Fsp3) is 0.318. The van der Waals surface area contributed by atoms with Crippen molar-refractivity contribution in [3.8, 4) is 5.75 Å². The fourth-order valence-corrected chi connectivity index (χ4v) is 5.22. The highest BCUT2D eigenvalue weighted by molar-refractivity contribution is 8.00. The van der Waals surface area contributed by atoms with Crippen molar-refractivity contribution in [3.05, 3.63) is 70.3 Å². The lowest BCUT2D eigenvalue weighted by Gasteiger charge is -2.39. The van der Waals surface area contributed by atoms with Crippen LogP contribution >= 0.6 is 23.4 Å². The van der Waals surface area contributed by atoms with Crippen LogP contribution in [0, 0.1) is 5.92 Å². The number of rotatable bonds is 4. The lowest BCUT2D eigenvalue weighted by Crippen LogP contribution is -2.33. The molecule has 0 unspecified atom stereocenters. The minimum Gasteiger partial charge on any atom is -0.545 e. The Morgan fingerprint density at radius 2 is 2.11 bits per heavy atom. The highest BCUT2D eigenvalue weighted by Crippen LogP contribution is 2.52. The van der Waals surface area contributed by atoms with Gasteiger partial charge in [-0.1, -0.05) is 42.0 Å². The van der Waals surface area contributed by atoms with Gasteiger partial charge in [-0.2, -0.15) is 11.8 Å². The molecule has 28 heavy (non-hydrogen) atoms. The zero-order valence-corrected chi connectivity index (χ0v) is 16.6. The van der Waals surface area contributed by atoms with Gasteiger partial charge in [-0.15, -0.1) is 0 Å². The molecule has 0 spiro atoms. The van der Waals surface area contributed by atoms with Crippen molar-refractivity contribution in [1.82, 2.24) is 0 Å². The van der Waals surface area contributed by atoms with E-state index >= 15 is 0 Å². The number of benzene rings is 2. The van der Waals surface area contributed by atoms with Crippen LogP contribution in [0.25, 0.3) is 0 Å². The van der Waals surface area contributed by atoms with Crippen LogP contribution in [-0.4, -0.2) is 23.6 Å². The Balaban J connectivity index is 1.54. The first kappa shape index (κ1) is 18.0. The van der Waals surface area contributed by atoms with E-state index in [1.807, 2.05) is 23.9 Å². The number of aromatic carboxylic acids is 1. The zero-order valence-electron chi connectivity index (χ0n) is 15.1. The van der Waals surface area contributed by atoms with E-state index in [0.29, 0.717) is 16.8 Å². The summed E-state index contributed by atoms with van der Waals surface area (Å²) in [5.41, 5.74) is 2.78. The van der Waals surface area contributed by atoms with Gasteiger partial charge in [-0.05, 0) is 41.7 Å². The van der Waals surface area contributed by atoms with Gasteiger partial charge in [-0.25, -0.2) is 0 Å². The molecule has 1 fully saturated rings. The summed E-state index contributed by atoms with van der Waals surface area (Å²) in [5, 5.41) is 15.7. The van der Waals surface area contributed by atoms with Gasteiger partial charge in [0.15, 0.2) is 0 Å². The van der Waals surface area contributed by atoms with Gasteiger partial charge in [0.2, 0.25) is 0 Å². The van der Waals surface area contributed by atoms with E-state index in [1.54, 1.807) is 12.1 Å². The second kappa shape index (κ2) is 7.05. The maximum Gasteiger partial charge on any atom is 0.120 e. The van der Waals surface area contributed by atoms with Crippen LogP contribution in [-0.2, 0) is 0 Å². The van der Waals surface area contributed by atoms with E-state index in [9.17, 15) is 9.90 Å². The van der Waals surface area contributed by atoms with Crippen molar-refractivity contribution >= 4 is 35.0 Å². The van der Waals surface area contributed by atoms with Gasteiger partial charge in [0.1, 0.15) is 11.9 Å². The number of carbonyl (C=O) groups is 1. The van der Waals surface area contributed by atoms with Gasteiger partial charge in [-0.3, -0.25) is 0 Å². The molecule has 1 N–H and O–H groups in total. The van der Waals surface area contributed by atoms with Crippen LogP contribution < -0.4 is 15.2 Å². The summed E-state index contributed by atoms with van der Waals surface area (Å²) in [6, 6.07) is 11.4. The minimum atomic E-state index is -1.17. The number of carbonyl (C=O) groups excluding carboxylic acids is 1. The monoisotopic (exact) mass is 412 g/mol. The summed E-state index contributed by atoms with van der Waals surface area (Å²) in [6.45, 7) is 0. The van der Waals surface area contributed by atoms with E-state index in [4.69, 9.17) is 16.3 Å². The number of nitrogens with one attached hydrogen (secondary N) is 1. The Kier molecular flexibility index (Phi) is 4.52. The van der Waals surface area contributed by atoms with Crippen molar-refractivity contribution in [1.29, 1.82) is 0 Å². The first-order valence-electron chi connectivity index (χ1n) is 9.43. The standard InChI is InChI=1S/C22H20ClNO3S/c23-18-8-7-17(22(25)26)19-15-5-2-6-16(15)20(24-21(18)19)12-3-1-4-13(9-12)27-14-10-28-11-14/h1-5,7-9,14-16,20,24H,6,10-11H2,(H,25,26)/p-1/t15-,16+,20+/m1/s1. The number of fused-ring (bicyclic) bond motifs is 3. The maximum absolute atomic E-state index is 11.7. The molecule has 0 amide bonds. The number of carboxylic acid groups (broad SMARTS) is 1. The number of anilines is 1. The van der Waals surface area contributed by atoms with E-state index in [-0.39, 0.29) is 23.4 Å². The van der Waals surface area contributed by atoms with Crippen LogP contribution in [0.5, 0.6) is 5.75 Å². The molecule has 4 nitrogen and oxygen atoms in total. The van der Waals surface area contributed by atoms with E-state index in [2.05, 4.69) is 29.6 Å². The Morgan fingerprint density at radius 1 is 1.25 bits per heavy atom. The third kappa shape index (κ3) is 2.97. The molecule has 0 radical (unpaired) electrons. The Bertz CT molecular complexity index is 972. The molecular formula is C22H19ClNO3S-. The highest BCUT2D eigenvalue weighted by atomic mass is 35.5. The molecule has 1 aliphatic carbocycles. The minimum absolute atomic E-state index is 0.000423. The molecular weight excluding hydrogens is 394 g/mol. The largest absolute Gasteiger partial charge is 0.545 e. The van der Waals surface area contributed by atoms with E-state index in [1.165, 1.54) is 0 Å². The predicted molar refractivity (Wildman–Crippen MR) is 110 cm³/mol. The average Bonchev–Trinajstić information content (AvgIpc) is 3.14. The third-order valence-electron chi connectivity index (χ3n) is 5.82. The molecule has 2 aromatic carbocycles. The molecule has 0 bridgehead atoms. The number of halogens is 1. The molecule has 3 atom stereocenters. The first-order chi connectivity index (χ1) is 13.6. The zero-order chi connectivity index (χ0) is 19.3. The van der Waals surface area contributed by atoms with Crippen molar-refractivity contribution in [2.24, 2.45) is 5.92 Å². The molecule has 6 heteroatoms. The van der Waals surface area contributed by atoms with Gasteiger partial charge in [0.25, 0.3) is 0 Å². The molecule has 5 rings (SSSR count). The molecule has 144 valence electrons. The van der Waals surface area contributed by atoms with Crippen LogP contribution in [0.1, 0.15) is 39.9 Å². The molecule has 2 aliphatic heterocycles. The number of hydrogen-bond acceptors (Lipinski definition) is 5. The predicted octanol–water partition coefficient (Wildman–Crippen LogP) is 4.02. The van der Waals surface area contributed by atoms with Crippen LogP contribution in [0.4, 0.5) is 5.69 Å². The normalized spacial score (nSPS) is 25.4. The Labute approximate surface area is 172 Å². The van der Waals surface area contributed by atoms with Crippen LogP contribution in [0.3, 0.4) is 0 Å². The molecule has 0 saturated carbocycles. The molecule has 0 aromatic heterocycles. The molecule has 1 saturated heterocycles. The highest BCUT2D eigenvalue weighted by Gasteiger charge is 2.40. The average molecular weight is 413 g/mol. The number of carboxylic acids is 1. The Morgan fingerprint density at radius 3 is 2.86 bits per heavy atom. The van der Waals surface area contributed by atoms with Gasteiger partial charge in [0, 0.05) is 23.0 Å². The summed E-state index contributed by atoms with van der Waals surface area (Å²) in [7, 11) is 0. The second-order valence-electron chi connectivity index (χ2n) is 7.50. The number of hydrogen-bond donors (Lipinski definition) is 1. The molecule has 3 aliphatic rings. The number of thioether (sulfide) groups is 1. The second-order valence-corrected chi connectivity index (χ2v) is 8.98. The van der Waals surface area contributed by atoms with Gasteiger partial charge in [0.05, 0.1) is 22.7 Å². The van der Waals surface area contributed by atoms with Gasteiger partial charge < -0.3 is 20.0 Å². The SMILES string of the molecule is O=C([O-])c1ccc(Cl)c2c1[C@@H]1C=CC[C@@H]1[C@H](c1cccc(OC3CSC3)c1)N2. The first-order valence-corrected chi connectivity index (χ1v) is 11.0. The summed E-state index contributed by atoms with van der Waals surface area (Å²) in [6.07, 6.45) is 5.41. The fourth-order valence-electron chi connectivity index (χ4n) is 4.44. The van der Waals surface area contributed by atoms with E-state index < -0.39 is 5.97 Å². The van der Waals surface area contributed by atoms with Crippen molar-refractivity contribution in [2.45, 2.75) is 24.5 Å². The van der Waals surface area contributed by atoms with Gasteiger partial charge >= 0.3 is 0 Å². The number of ether oxygens (including phenoxy) is 1. The van der Waals surface area contributed by atoms with Crippen molar-refractivity contribution in [3.63, 3.8) is 0 Å². The molecule has 2 aromatic rings. The van der Waals surface area contributed by atoms with Crippen LogP contribution in [0.15, 0.2) is 48.6 Å². The van der Waals surface area contributed by atoms with Crippen LogP contribution in [0.2, 0.25) is 5.02 Å². The van der Waals surface area contributed by atoms with Crippen molar-refractivity contribution in [2.75, 3.05) is 16.8 Å². The summed E-state index contributed by atoms with van der Waals surface area (Å²) in [4.78, 5) is 11.7. The summed E-state index contributed by atoms with van der Waals surface area (Å²) in [5.74, 6) is 2.01. The third-order valence-corrected chi connectivity index (χ3v) is 7.35. The summed E-state index contributed by atoms with van der Waals surface area (Å²) >= 11 is 8.35. The lowest BCUT2D eigenvalue weighted by molar-refractivity contribution is -0.255. The summed E-state index contributed by atoms with van der Waals surface area (Å²) < 4.78 is 6.06. The smallest absolute Gasteiger partial charge is 0.120 e. The number of allylic oxidation sites excluding steroid dienone is 2. The van der Waals surface area contributed by atoms with Crippen molar-refractivity contribution < 1.29 is 14.6 Å². The molecule has 2 heterocycles.